The molecule has 1 aliphatic rings. The molecule has 0 fully saturated rings. The van der Waals surface area contributed by atoms with Crippen molar-refractivity contribution in [2.45, 2.75) is 32.7 Å². The first-order chi connectivity index (χ1) is 10.1. The SMILES string of the molecule is Cc1nn(Cc2ccc(C(=O)O)cc2)c2c1C(=O)CCC2. The lowest BCUT2D eigenvalue weighted by Gasteiger charge is -2.13. The summed E-state index contributed by atoms with van der Waals surface area (Å²) in [6.07, 6.45) is 2.34. The third-order valence-corrected chi connectivity index (χ3v) is 3.86. The van der Waals surface area contributed by atoms with Crippen molar-refractivity contribution in [1.29, 1.82) is 0 Å². The number of rotatable bonds is 3. The van der Waals surface area contributed by atoms with Gasteiger partial charge in [0.2, 0.25) is 0 Å². The van der Waals surface area contributed by atoms with Crippen LogP contribution in [0, 0.1) is 6.92 Å². The van der Waals surface area contributed by atoms with Gasteiger partial charge in [-0.2, -0.15) is 5.10 Å². The summed E-state index contributed by atoms with van der Waals surface area (Å²) in [4.78, 5) is 22.8. The summed E-state index contributed by atoms with van der Waals surface area (Å²) >= 11 is 0. The lowest BCUT2D eigenvalue weighted by molar-refractivity contribution is 0.0696. The molecule has 0 saturated heterocycles. The van der Waals surface area contributed by atoms with Crippen LogP contribution in [0.3, 0.4) is 0 Å². The predicted molar refractivity (Wildman–Crippen MR) is 76.7 cm³/mol. The summed E-state index contributed by atoms with van der Waals surface area (Å²) in [5, 5.41) is 13.4. The van der Waals surface area contributed by atoms with Gasteiger partial charge in [0.15, 0.2) is 5.78 Å². The highest BCUT2D eigenvalue weighted by molar-refractivity contribution is 5.99. The largest absolute Gasteiger partial charge is 0.478 e. The van der Waals surface area contributed by atoms with Crippen LogP contribution in [0.5, 0.6) is 0 Å². The summed E-state index contributed by atoms with van der Waals surface area (Å²) in [6, 6.07) is 6.76. The van der Waals surface area contributed by atoms with Gasteiger partial charge in [0.05, 0.1) is 23.4 Å². The first-order valence-corrected chi connectivity index (χ1v) is 6.98. The Kier molecular flexibility index (Phi) is 3.33. The van der Waals surface area contributed by atoms with E-state index in [0.29, 0.717) is 13.0 Å². The van der Waals surface area contributed by atoms with Crippen molar-refractivity contribution in [2.24, 2.45) is 0 Å². The second kappa shape index (κ2) is 5.16. The van der Waals surface area contributed by atoms with Gasteiger partial charge in [0.25, 0.3) is 0 Å². The fraction of sp³-hybridized carbons (Fsp3) is 0.312. The number of aromatic nitrogens is 2. The molecule has 0 bridgehead atoms. The van der Waals surface area contributed by atoms with Crippen LogP contribution in [0.2, 0.25) is 0 Å². The minimum absolute atomic E-state index is 0.182. The summed E-state index contributed by atoms with van der Waals surface area (Å²) in [6.45, 7) is 2.43. The van der Waals surface area contributed by atoms with Crippen LogP contribution in [-0.2, 0) is 13.0 Å². The van der Waals surface area contributed by atoms with Crippen molar-refractivity contribution in [3.8, 4) is 0 Å². The Bertz CT molecular complexity index is 714. The van der Waals surface area contributed by atoms with Gasteiger partial charge in [0, 0.05) is 12.1 Å². The van der Waals surface area contributed by atoms with Crippen LogP contribution in [0.1, 0.15) is 50.5 Å². The van der Waals surface area contributed by atoms with Crippen molar-refractivity contribution >= 4 is 11.8 Å². The smallest absolute Gasteiger partial charge is 0.335 e. The van der Waals surface area contributed by atoms with Crippen molar-refractivity contribution < 1.29 is 14.7 Å². The highest BCUT2D eigenvalue weighted by Crippen LogP contribution is 2.24. The number of benzene rings is 1. The molecule has 0 aliphatic heterocycles. The molecular weight excluding hydrogens is 268 g/mol. The molecule has 1 aromatic heterocycles. The van der Waals surface area contributed by atoms with Gasteiger partial charge in [-0.05, 0) is 37.5 Å². The number of carboxylic acid groups (broad SMARTS) is 1. The van der Waals surface area contributed by atoms with Gasteiger partial charge < -0.3 is 5.11 Å². The van der Waals surface area contributed by atoms with E-state index in [-0.39, 0.29) is 11.3 Å². The predicted octanol–water partition coefficient (Wildman–Crippen LogP) is 2.46. The number of aromatic carboxylic acids is 1. The number of carbonyl (C=O) groups excluding carboxylic acids is 1. The van der Waals surface area contributed by atoms with E-state index in [9.17, 15) is 9.59 Å². The molecule has 1 aromatic carbocycles. The molecule has 108 valence electrons. The van der Waals surface area contributed by atoms with Gasteiger partial charge in [-0.25, -0.2) is 4.79 Å². The molecule has 3 rings (SSSR count). The number of aryl methyl sites for hydroxylation is 1. The van der Waals surface area contributed by atoms with Crippen LogP contribution in [0.4, 0.5) is 0 Å². The van der Waals surface area contributed by atoms with Gasteiger partial charge in [-0.1, -0.05) is 12.1 Å². The van der Waals surface area contributed by atoms with Crippen LogP contribution in [0.15, 0.2) is 24.3 Å². The number of ketones is 1. The molecule has 1 heterocycles. The Labute approximate surface area is 122 Å². The highest BCUT2D eigenvalue weighted by Gasteiger charge is 2.24. The minimum Gasteiger partial charge on any atom is -0.478 e. The molecule has 0 spiro atoms. The molecule has 0 saturated carbocycles. The third-order valence-electron chi connectivity index (χ3n) is 3.86. The maximum absolute atomic E-state index is 12.0. The summed E-state index contributed by atoms with van der Waals surface area (Å²) < 4.78 is 1.87. The van der Waals surface area contributed by atoms with E-state index < -0.39 is 5.97 Å². The maximum atomic E-state index is 12.0. The lowest BCUT2D eigenvalue weighted by atomic mass is 9.94. The Morgan fingerprint density at radius 2 is 2.00 bits per heavy atom. The standard InChI is InChI=1S/C16H16N2O3/c1-10-15-13(3-2-4-14(15)19)18(17-10)9-11-5-7-12(8-6-11)16(20)21/h5-8H,2-4,9H2,1H3,(H,20,21). The molecule has 5 nitrogen and oxygen atoms in total. The zero-order valence-electron chi connectivity index (χ0n) is 11.8. The maximum Gasteiger partial charge on any atom is 0.335 e. The van der Waals surface area contributed by atoms with E-state index in [1.807, 2.05) is 11.6 Å². The van der Waals surface area contributed by atoms with E-state index >= 15 is 0 Å². The van der Waals surface area contributed by atoms with Crippen LogP contribution >= 0.6 is 0 Å². The first kappa shape index (κ1) is 13.5. The van der Waals surface area contributed by atoms with Crippen molar-refractivity contribution in [3.63, 3.8) is 0 Å². The Balaban J connectivity index is 1.90. The summed E-state index contributed by atoms with van der Waals surface area (Å²) in [5.41, 5.74) is 3.82. The number of hydrogen-bond donors (Lipinski definition) is 1. The zero-order valence-corrected chi connectivity index (χ0v) is 11.8. The fourth-order valence-corrected chi connectivity index (χ4v) is 2.84. The van der Waals surface area contributed by atoms with E-state index in [1.54, 1.807) is 24.3 Å². The molecule has 0 atom stereocenters. The van der Waals surface area contributed by atoms with Crippen molar-refractivity contribution in [3.05, 3.63) is 52.3 Å². The number of hydrogen-bond acceptors (Lipinski definition) is 3. The van der Waals surface area contributed by atoms with E-state index in [4.69, 9.17) is 5.11 Å². The number of carboxylic acids is 1. The monoisotopic (exact) mass is 284 g/mol. The first-order valence-electron chi connectivity index (χ1n) is 6.98. The Morgan fingerprint density at radius 1 is 1.29 bits per heavy atom. The number of fused-ring (bicyclic) bond motifs is 1. The average Bonchev–Trinajstić information content (AvgIpc) is 2.77. The highest BCUT2D eigenvalue weighted by atomic mass is 16.4. The molecular formula is C16H16N2O3. The number of Topliss-reactive ketones (excluding diaryl/α,β-unsaturated/α-hetero) is 1. The van der Waals surface area contributed by atoms with Gasteiger partial charge in [-0.3, -0.25) is 9.48 Å². The zero-order chi connectivity index (χ0) is 15.0. The molecule has 0 amide bonds. The van der Waals surface area contributed by atoms with E-state index in [0.717, 1.165) is 35.4 Å². The lowest BCUT2D eigenvalue weighted by Crippen LogP contribution is -2.14. The molecule has 0 radical (unpaired) electrons. The number of nitrogens with zero attached hydrogens (tertiary/aromatic N) is 2. The normalized spacial score (nSPS) is 14.0. The molecule has 1 aliphatic carbocycles. The second-order valence-electron chi connectivity index (χ2n) is 5.34. The second-order valence-corrected chi connectivity index (χ2v) is 5.34. The third kappa shape index (κ3) is 2.46. The van der Waals surface area contributed by atoms with E-state index in [1.165, 1.54) is 0 Å². The van der Waals surface area contributed by atoms with Crippen LogP contribution in [-0.4, -0.2) is 26.6 Å². The Morgan fingerprint density at radius 3 is 2.67 bits per heavy atom. The molecule has 21 heavy (non-hydrogen) atoms. The van der Waals surface area contributed by atoms with Crippen LogP contribution < -0.4 is 0 Å². The van der Waals surface area contributed by atoms with Crippen molar-refractivity contribution in [2.75, 3.05) is 0 Å². The Hall–Kier alpha value is -2.43. The molecule has 5 heteroatoms. The topological polar surface area (TPSA) is 72.2 Å². The number of carbonyl (C=O) groups is 2. The minimum atomic E-state index is -0.931. The van der Waals surface area contributed by atoms with Crippen molar-refractivity contribution in [1.82, 2.24) is 9.78 Å². The summed E-state index contributed by atoms with van der Waals surface area (Å²) in [5.74, 6) is -0.749. The molecule has 1 N–H and O–H groups in total. The quantitative estimate of drug-likeness (QED) is 0.939. The molecule has 0 unspecified atom stereocenters. The van der Waals surface area contributed by atoms with Crippen LogP contribution in [0.25, 0.3) is 0 Å². The van der Waals surface area contributed by atoms with E-state index in [2.05, 4.69) is 5.10 Å². The van der Waals surface area contributed by atoms with Gasteiger partial charge in [-0.15, -0.1) is 0 Å². The fourth-order valence-electron chi connectivity index (χ4n) is 2.84. The van der Waals surface area contributed by atoms with Gasteiger partial charge in [0.1, 0.15) is 0 Å². The van der Waals surface area contributed by atoms with Gasteiger partial charge >= 0.3 is 5.97 Å². The molecule has 2 aromatic rings. The average molecular weight is 284 g/mol. The summed E-state index contributed by atoms with van der Waals surface area (Å²) in [7, 11) is 0.